The molecule has 0 saturated heterocycles. The fourth-order valence-electron chi connectivity index (χ4n) is 2.03. The van der Waals surface area contributed by atoms with Crippen molar-refractivity contribution in [2.24, 2.45) is 0 Å². The van der Waals surface area contributed by atoms with Gasteiger partial charge >= 0.3 is 0 Å². The molecule has 0 aliphatic carbocycles. The summed E-state index contributed by atoms with van der Waals surface area (Å²) in [5, 5.41) is 14.2. The zero-order chi connectivity index (χ0) is 15.4. The summed E-state index contributed by atoms with van der Waals surface area (Å²) in [5.41, 5.74) is 3.23. The lowest BCUT2D eigenvalue weighted by Crippen LogP contribution is -2.02. The third-order valence-corrected chi connectivity index (χ3v) is 4.23. The molecule has 0 spiro atoms. The maximum Gasteiger partial charge on any atom is 0.283 e. The first-order valence-corrected chi connectivity index (χ1v) is 7.54. The van der Waals surface area contributed by atoms with Crippen LogP contribution in [0.2, 0.25) is 0 Å². The van der Waals surface area contributed by atoms with Crippen molar-refractivity contribution < 1.29 is 4.92 Å². The molecule has 0 fully saturated rings. The van der Waals surface area contributed by atoms with Gasteiger partial charge in [0, 0.05) is 18.3 Å². The Labute approximate surface area is 132 Å². The third kappa shape index (κ3) is 3.82. The summed E-state index contributed by atoms with van der Waals surface area (Å²) in [7, 11) is 0. The Hall–Kier alpha value is -1.88. The maximum absolute atomic E-state index is 10.9. The molecule has 2 aromatic carbocycles. The highest BCUT2D eigenvalue weighted by atomic mass is 79.9. The van der Waals surface area contributed by atoms with E-state index in [1.807, 2.05) is 18.2 Å². The second-order valence-electron chi connectivity index (χ2n) is 5.14. The van der Waals surface area contributed by atoms with Crippen LogP contribution in [0.5, 0.6) is 0 Å². The topological polar surface area (TPSA) is 55.2 Å². The summed E-state index contributed by atoms with van der Waals surface area (Å²) >= 11 is 3.30. The molecule has 0 saturated carbocycles. The van der Waals surface area contributed by atoms with Gasteiger partial charge in [-0.15, -0.1) is 0 Å². The van der Waals surface area contributed by atoms with Gasteiger partial charge in [-0.25, -0.2) is 0 Å². The van der Waals surface area contributed by atoms with Gasteiger partial charge in [-0.05, 0) is 45.1 Å². The number of nitrogens with one attached hydrogen (secondary N) is 1. The fourth-order valence-corrected chi connectivity index (χ4v) is 2.58. The molecule has 5 heteroatoms. The van der Waals surface area contributed by atoms with E-state index in [2.05, 4.69) is 47.2 Å². The van der Waals surface area contributed by atoms with E-state index in [4.69, 9.17) is 0 Å². The van der Waals surface area contributed by atoms with E-state index in [9.17, 15) is 10.1 Å². The molecule has 0 amide bonds. The summed E-state index contributed by atoms with van der Waals surface area (Å²) in [6.45, 7) is 4.84. The van der Waals surface area contributed by atoms with Gasteiger partial charge in [0.15, 0.2) is 0 Å². The van der Waals surface area contributed by atoms with Gasteiger partial charge in [0.2, 0.25) is 0 Å². The van der Waals surface area contributed by atoms with Crippen LogP contribution in [0.15, 0.2) is 46.9 Å². The molecule has 0 heterocycles. The number of nitro benzene ring substituents is 1. The summed E-state index contributed by atoms with van der Waals surface area (Å²) in [6, 6.07) is 13.3. The van der Waals surface area contributed by atoms with Gasteiger partial charge in [-0.2, -0.15) is 0 Å². The predicted octanol–water partition coefficient (Wildman–Crippen LogP) is 5.09. The minimum Gasteiger partial charge on any atom is -0.381 e. The second kappa shape index (κ2) is 6.72. The molecule has 21 heavy (non-hydrogen) atoms. The van der Waals surface area contributed by atoms with E-state index in [1.165, 1.54) is 11.6 Å². The van der Waals surface area contributed by atoms with Crippen LogP contribution in [0, 0.1) is 10.1 Å². The van der Waals surface area contributed by atoms with Crippen LogP contribution in [0.4, 0.5) is 11.4 Å². The van der Waals surface area contributed by atoms with Gasteiger partial charge in [0.05, 0.1) is 4.92 Å². The Kier molecular flexibility index (Phi) is 4.96. The molecule has 0 aliphatic heterocycles. The Morgan fingerprint density at radius 3 is 2.43 bits per heavy atom. The molecule has 2 aromatic rings. The van der Waals surface area contributed by atoms with Crippen LogP contribution in [-0.4, -0.2) is 4.92 Å². The smallest absolute Gasteiger partial charge is 0.283 e. The standard InChI is InChI=1S/C16H17BrN2O2/c1-11(2)12-6-8-14(9-7-12)18-10-13-4-3-5-15(16(13)17)19(20)21/h3-9,11,18H,10H2,1-2H3. The number of halogens is 1. The number of nitrogens with zero attached hydrogens (tertiary/aromatic N) is 1. The minimum absolute atomic E-state index is 0.0875. The van der Waals surface area contributed by atoms with Crippen molar-refractivity contribution in [3.05, 3.63) is 68.2 Å². The van der Waals surface area contributed by atoms with Gasteiger partial charge < -0.3 is 5.32 Å². The number of hydrogen-bond acceptors (Lipinski definition) is 3. The Morgan fingerprint density at radius 1 is 1.19 bits per heavy atom. The first kappa shape index (κ1) is 15.5. The molecule has 0 unspecified atom stereocenters. The monoisotopic (exact) mass is 348 g/mol. The lowest BCUT2D eigenvalue weighted by molar-refractivity contribution is -0.385. The highest BCUT2D eigenvalue weighted by Gasteiger charge is 2.14. The number of nitro groups is 1. The predicted molar refractivity (Wildman–Crippen MR) is 88.7 cm³/mol. The van der Waals surface area contributed by atoms with Crippen LogP contribution in [0.25, 0.3) is 0 Å². The quantitative estimate of drug-likeness (QED) is 0.604. The van der Waals surface area contributed by atoms with Gasteiger partial charge in [-0.3, -0.25) is 10.1 Å². The van der Waals surface area contributed by atoms with E-state index < -0.39 is 0 Å². The number of benzene rings is 2. The van der Waals surface area contributed by atoms with Crippen LogP contribution in [-0.2, 0) is 6.54 Å². The van der Waals surface area contributed by atoms with E-state index in [-0.39, 0.29) is 10.6 Å². The van der Waals surface area contributed by atoms with Crippen LogP contribution in [0.3, 0.4) is 0 Å². The van der Waals surface area contributed by atoms with E-state index in [0.29, 0.717) is 16.9 Å². The van der Waals surface area contributed by atoms with Gasteiger partial charge in [-0.1, -0.05) is 38.1 Å². The molecule has 2 rings (SSSR count). The molecule has 110 valence electrons. The molecular weight excluding hydrogens is 332 g/mol. The lowest BCUT2D eigenvalue weighted by atomic mass is 10.0. The largest absolute Gasteiger partial charge is 0.381 e. The van der Waals surface area contributed by atoms with Crippen molar-refractivity contribution in [1.82, 2.24) is 0 Å². The first-order chi connectivity index (χ1) is 9.99. The minimum atomic E-state index is -0.384. The molecular formula is C16H17BrN2O2. The summed E-state index contributed by atoms with van der Waals surface area (Å²) < 4.78 is 0.529. The maximum atomic E-state index is 10.9. The highest BCUT2D eigenvalue weighted by molar-refractivity contribution is 9.10. The molecule has 0 aliphatic rings. The molecule has 0 radical (unpaired) electrons. The summed E-state index contributed by atoms with van der Waals surface area (Å²) in [5.74, 6) is 0.505. The zero-order valence-electron chi connectivity index (χ0n) is 12.0. The van der Waals surface area contributed by atoms with Crippen molar-refractivity contribution in [3.8, 4) is 0 Å². The molecule has 0 atom stereocenters. The van der Waals surface area contributed by atoms with Crippen LogP contribution < -0.4 is 5.32 Å². The van der Waals surface area contributed by atoms with Crippen molar-refractivity contribution in [2.45, 2.75) is 26.3 Å². The van der Waals surface area contributed by atoms with Crippen molar-refractivity contribution in [2.75, 3.05) is 5.32 Å². The molecule has 4 nitrogen and oxygen atoms in total. The SMILES string of the molecule is CC(C)c1ccc(NCc2cccc([N+](=O)[O-])c2Br)cc1. The van der Waals surface area contributed by atoms with Crippen molar-refractivity contribution in [3.63, 3.8) is 0 Å². The fraction of sp³-hybridized carbons (Fsp3) is 0.250. The second-order valence-corrected chi connectivity index (χ2v) is 5.93. The van der Waals surface area contributed by atoms with Crippen LogP contribution >= 0.6 is 15.9 Å². The highest BCUT2D eigenvalue weighted by Crippen LogP contribution is 2.28. The first-order valence-electron chi connectivity index (χ1n) is 6.74. The average molecular weight is 349 g/mol. The molecule has 0 aromatic heterocycles. The van der Waals surface area contributed by atoms with Crippen molar-refractivity contribution >= 4 is 27.3 Å². The van der Waals surface area contributed by atoms with E-state index in [1.54, 1.807) is 6.07 Å². The van der Waals surface area contributed by atoms with E-state index in [0.717, 1.165) is 11.3 Å². The third-order valence-electron chi connectivity index (χ3n) is 3.32. The normalized spacial score (nSPS) is 10.7. The Bertz CT molecular complexity index is 639. The lowest BCUT2D eigenvalue weighted by Gasteiger charge is -2.10. The van der Waals surface area contributed by atoms with Gasteiger partial charge in [0.1, 0.15) is 4.47 Å². The van der Waals surface area contributed by atoms with Crippen LogP contribution in [0.1, 0.15) is 30.9 Å². The molecule has 0 bridgehead atoms. The number of rotatable bonds is 5. The number of anilines is 1. The average Bonchev–Trinajstić information content (AvgIpc) is 2.46. The van der Waals surface area contributed by atoms with E-state index >= 15 is 0 Å². The Morgan fingerprint density at radius 2 is 1.86 bits per heavy atom. The summed E-state index contributed by atoms with van der Waals surface area (Å²) in [6.07, 6.45) is 0. The zero-order valence-corrected chi connectivity index (χ0v) is 13.6. The summed E-state index contributed by atoms with van der Waals surface area (Å²) in [4.78, 5) is 10.5. The number of hydrogen-bond donors (Lipinski definition) is 1. The Balaban J connectivity index is 2.09. The van der Waals surface area contributed by atoms with Gasteiger partial charge in [0.25, 0.3) is 5.69 Å². The van der Waals surface area contributed by atoms with Crippen molar-refractivity contribution in [1.29, 1.82) is 0 Å². The molecule has 1 N–H and O–H groups in total.